The molecule has 3 unspecified atom stereocenters. The molecule has 1 saturated heterocycles. The van der Waals surface area contributed by atoms with E-state index >= 15 is 0 Å². The number of H-pyrrole nitrogens is 1. The molecule has 1 fully saturated rings. The molecule has 13 nitrogen and oxygen atoms in total. The summed E-state index contributed by atoms with van der Waals surface area (Å²) in [5.41, 5.74) is 7.86. The van der Waals surface area contributed by atoms with Gasteiger partial charge in [0.25, 0.3) is 0 Å². The summed E-state index contributed by atoms with van der Waals surface area (Å²) in [5, 5.41) is 34.7. The maximum atomic E-state index is 13.5. The fourth-order valence-electron chi connectivity index (χ4n) is 4.93. The summed E-state index contributed by atoms with van der Waals surface area (Å²) >= 11 is 0. The van der Waals surface area contributed by atoms with Gasteiger partial charge in [-0.2, -0.15) is 0 Å². The van der Waals surface area contributed by atoms with Crippen molar-refractivity contribution >= 4 is 40.9 Å². The van der Waals surface area contributed by atoms with Crippen LogP contribution in [0.5, 0.6) is 5.75 Å². The highest BCUT2D eigenvalue weighted by molar-refractivity contribution is 5.95. The number of hydrogen-bond acceptors (Lipinski definition) is 8. The van der Waals surface area contributed by atoms with Crippen LogP contribution in [0.4, 0.5) is 0 Å². The van der Waals surface area contributed by atoms with Crippen LogP contribution in [-0.2, 0) is 36.8 Å². The van der Waals surface area contributed by atoms with E-state index in [4.69, 9.17) is 5.73 Å². The number of amides is 3. The summed E-state index contributed by atoms with van der Waals surface area (Å²) in [6, 6.07) is 8.93. The molecule has 3 aromatic rings. The van der Waals surface area contributed by atoms with Crippen LogP contribution in [0.1, 0.15) is 71.4 Å². The Kier molecular flexibility index (Phi) is 19.6. The minimum absolute atomic E-state index is 0.0283. The van der Waals surface area contributed by atoms with E-state index in [0.717, 1.165) is 22.8 Å². The number of nitrogens with one attached hydrogen (secondary N) is 3. The highest BCUT2D eigenvalue weighted by atomic mass is 16.4. The van der Waals surface area contributed by atoms with E-state index in [1.807, 2.05) is 45.0 Å². The number of phenolic OH excluding ortho intramolecular Hbond substituents is 1. The minimum atomic E-state index is -1.30. The molecule has 49 heavy (non-hydrogen) atoms. The fraction of sp³-hybridized carbons (Fsp3) is 0.472. The third-order valence-corrected chi connectivity index (χ3v) is 7.24. The molecule has 270 valence electrons. The average Bonchev–Trinajstić information content (AvgIpc) is 3.77. The van der Waals surface area contributed by atoms with Crippen LogP contribution in [0.3, 0.4) is 0 Å². The monoisotopic (exact) mass is 683 g/mol. The van der Waals surface area contributed by atoms with Crippen LogP contribution in [0.25, 0.3) is 10.9 Å². The van der Waals surface area contributed by atoms with Crippen LogP contribution >= 0.6 is 0 Å². The van der Waals surface area contributed by atoms with Crippen LogP contribution in [-0.4, -0.2) is 92.5 Å². The Morgan fingerprint density at radius 3 is 2.18 bits per heavy atom. The Labute approximate surface area is 288 Å². The first-order chi connectivity index (χ1) is 23.5. The van der Waals surface area contributed by atoms with Gasteiger partial charge in [-0.3, -0.25) is 14.4 Å². The summed E-state index contributed by atoms with van der Waals surface area (Å²) in [6.45, 7) is 9.79. The molecule has 4 rings (SSSR count). The lowest BCUT2D eigenvalue weighted by Gasteiger charge is -2.28. The van der Waals surface area contributed by atoms with Crippen molar-refractivity contribution in [2.24, 2.45) is 5.73 Å². The summed E-state index contributed by atoms with van der Waals surface area (Å²) in [7, 11) is 0. The predicted molar refractivity (Wildman–Crippen MR) is 189 cm³/mol. The number of aliphatic carboxylic acids is 1. The van der Waals surface area contributed by atoms with Crippen molar-refractivity contribution in [1.29, 1.82) is 0 Å². The van der Waals surface area contributed by atoms with Crippen molar-refractivity contribution < 1.29 is 39.3 Å². The molecule has 4 atom stereocenters. The molecule has 2 heterocycles. The number of aromatic nitrogens is 1. The predicted octanol–water partition coefficient (Wildman–Crippen LogP) is 3.06. The molecule has 8 N–H and O–H groups in total. The van der Waals surface area contributed by atoms with Crippen molar-refractivity contribution in [2.45, 2.75) is 97.3 Å². The maximum Gasteiger partial charge on any atom is 0.326 e. The first kappa shape index (κ1) is 42.3. The second kappa shape index (κ2) is 22.8. The van der Waals surface area contributed by atoms with Gasteiger partial charge in [-0.1, -0.05) is 71.4 Å². The van der Waals surface area contributed by atoms with Gasteiger partial charge >= 0.3 is 5.97 Å². The number of likely N-dealkylation sites (tertiary alicyclic amines) is 1. The van der Waals surface area contributed by atoms with Crippen molar-refractivity contribution in [3.8, 4) is 5.75 Å². The van der Waals surface area contributed by atoms with Gasteiger partial charge in [0.2, 0.25) is 17.7 Å². The number of fused-ring (bicyclic) bond motifs is 1. The number of carbonyl (C=O) groups is 5. The number of carboxylic acids is 1. The summed E-state index contributed by atoms with van der Waals surface area (Å²) in [4.78, 5) is 65.2. The number of benzene rings is 2. The van der Waals surface area contributed by atoms with Crippen LogP contribution < -0.4 is 16.4 Å². The van der Waals surface area contributed by atoms with Crippen LogP contribution in [0.2, 0.25) is 0 Å². The molecular formula is C36H53N5O8. The highest BCUT2D eigenvalue weighted by Gasteiger charge is 2.38. The molecule has 0 aliphatic carbocycles. The Morgan fingerprint density at radius 2 is 1.61 bits per heavy atom. The van der Waals surface area contributed by atoms with Gasteiger partial charge in [0.05, 0.1) is 6.61 Å². The second-order valence-corrected chi connectivity index (χ2v) is 11.2. The van der Waals surface area contributed by atoms with Gasteiger partial charge in [-0.25, -0.2) is 4.79 Å². The van der Waals surface area contributed by atoms with E-state index in [-0.39, 0.29) is 25.1 Å². The number of carbonyl (C=O) groups excluding carboxylic acids is 4. The van der Waals surface area contributed by atoms with Gasteiger partial charge in [0.1, 0.15) is 36.2 Å². The van der Waals surface area contributed by atoms with E-state index in [1.165, 1.54) is 23.5 Å². The molecular weight excluding hydrogens is 630 g/mol. The normalized spacial score (nSPS) is 15.1. The zero-order chi connectivity index (χ0) is 36.9. The van der Waals surface area contributed by atoms with Crippen molar-refractivity contribution in [3.05, 3.63) is 65.9 Å². The Morgan fingerprint density at radius 1 is 1.00 bits per heavy atom. The lowest BCUT2D eigenvalue weighted by molar-refractivity contribution is -0.143. The SMILES string of the molecule is CC.CCC.CCC=O.NC(CO)C(=O)N1CCC[C@H]1C(=O)NC(Cc1c[nH]c2ccccc12)C(=O)NC(Cc1ccc(O)cc1)C(=O)O. The maximum absolute atomic E-state index is 13.5. The third kappa shape index (κ3) is 13.3. The number of hydrogen-bond donors (Lipinski definition) is 7. The highest BCUT2D eigenvalue weighted by Crippen LogP contribution is 2.21. The van der Waals surface area contributed by atoms with Crippen LogP contribution in [0.15, 0.2) is 54.7 Å². The van der Waals surface area contributed by atoms with E-state index in [2.05, 4.69) is 29.5 Å². The molecule has 2 aromatic carbocycles. The lowest BCUT2D eigenvalue weighted by atomic mass is 10.0. The molecule has 0 saturated carbocycles. The van der Waals surface area contributed by atoms with Crippen molar-refractivity contribution in [3.63, 3.8) is 0 Å². The Balaban J connectivity index is 0.00000120. The quantitative estimate of drug-likeness (QED) is 0.140. The number of aliphatic hydroxyl groups is 1. The number of aliphatic hydroxyl groups excluding tert-OH is 1. The number of rotatable bonds is 12. The van der Waals surface area contributed by atoms with E-state index < -0.39 is 54.5 Å². The second-order valence-electron chi connectivity index (χ2n) is 11.2. The van der Waals surface area contributed by atoms with Crippen molar-refractivity contribution in [2.75, 3.05) is 13.2 Å². The standard InChI is InChI=1S/C28H33N5O7.C3H6O.C3H8.C2H6/c29-20(15-34)27(38)33-11-3-6-24(33)26(37)31-22(13-17-14-30-21-5-2-1-4-19(17)21)25(36)32-23(28(39)40)12-16-7-9-18(35)10-8-16;1-2-3-4;1-3-2;1-2/h1-2,4-5,7-10,14,20,22-24,30,34-35H,3,6,11-13,15,29H2,(H,31,37)(H,32,36)(H,39,40);3H,2H2,1H3;3H2,1-2H3;1-2H3/t20?,22?,23?,24-;;;/m0.../s1. The van der Waals surface area contributed by atoms with Gasteiger partial charge in [-0.05, 0) is 42.2 Å². The number of phenols is 1. The number of aromatic amines is 1. The molecule has 0 bridgehead atoms. The van der Waals surface area contributed by atoms with Crippen molar-refractivity contribution in [1.82, 2.24) is 20.5 Å². The summed E-state index contributed by atoms with van der Waals surface area (Å²) in [6.07, 6.45) is 5.42. The summed E-state index contributed by atoms with van der Waals surface area (Å²) in [5.74, 6) is -3.06. The zero-order valence-electron chi connectivity index (χ0n) is 29.1. The number of para-hydroxylation sites is 1. The molecule has 1 aromatic heterocycles. The Bertz CT molecular complexity index is 1460. The van der Waals surface area contributed by atoms with E-state index in [1.54, 1.807) is 18.3 Å². The van der Waals surface area contributed by atoms with Gasteiger partial charge < -0.3 is 46.4 Å². The summed E-state index contributed by atoms with van der Waals surface area (Å²) < 4.78 is 0. The number of carboxylic acid groups (broad SMARTS) is 1. The van der Waals surface area contributed by atoms with Gasteiger partial charge in [0, 0.05) is 42.9 Å². The van der Waals surface area contributed by atoms with Gasteiger partial charge in [0.15, 0.2) is 0 Å². The first-order valence-electron chi connectivity index (χ1n) is 16.8. The van der Waals surface area contributed by atoms with Crippen LogP contribution in [0, 0.1) is 0 Å². The molecule has 1 aliphatic heterocycles. The molecule has 13 heteroatoms. The van der Waals surface area contributed by atoms with E-state index in [9.17, 15) is 39.3 Å². The zero-order valence-corrected chi connectivity index (χ0v) is 29.1. The topological polar surface area (TPSA) is 215 Å². The number of nitrogens with two attached hydrogens (primary N) is 1. The number of nitrogens with zero attached hydrogens (tertiary/aromatic N) is 1. The molecule has 0 radical (unpaired) electrons. The number of aldehydes is 1. The largest absolute Gasteiger partial charge is 0.508 e. The minimum Gasteiger partial charge on any atom is -0.508 e. The molecule has 0 spiro atoms. The third-order valence-electron chi connectivity index (χ3n) is 7.24. The average molecular weight is 684 g/mol. The molecule has 3 amide bonds. The smallest absolute Gasteiger partial charge is 0.326 e. The van der Waals surface area contributed by atoms with E-state index in [0.29, 0.717) is 24.8 Å². The van der Waals surface area contributed by atoms with Gasteiger partial charge in [-0.15, -0.1) is 0 Å². The lowest BCUT2D eigenvalue weighted by Crippen LogP contribution is -2.57. The fourth-order valence-corrected chi connectivity index (χ4v) is 4.93. The first-order valence-corrected chi connectivity index (χ1v) is 16.8. The number of aromatic hydroxyl groups is 1. The Hall–Kier alpha value is -4.75. The molecule has 1 aliphatic rings.